The van der Waals surface area contributed by atoms with Gasteiger partial charge in [0.2, 0.25) is 5.91 Å². The first kappa shape index (κ1) is 59.9. The number of amides is 1. The molecule has 0 aromatic carbocycles. The molecule has 3 atom stereocenters. The third-order valence-electron chi connectivity index (χ3n) is 9.90. The monoisotopic (exact) mass is 896 g/mol. The number of unbranched alkanes of at least 4 members (excludes halogenated alkanes) is 11. The lowest BCUT2D eigenvalue weighted by Crippen LogP contribution is -2.45. The molecule has 0 aliphatic heterocycles. The molecule has 9 heteroatoms. The predicted octanol–water partition coefficient (Wildman–Crippen LogP) is 14.2. The Labute approximate surface area is 386 Å². The summed E-state index contributed by atoms with van der Waals surface area (Å²) in [6.07, 6.45) is 65.8. The van der Waals surface area contributed by atoms with Crippen LogP contribution in [0.3, 0.4) is 0 Å². The van der Waals surface area contributed by atoms with Gasteiger partial charge in [0.1, 0.15) is 13.2 Å². The molecule has 1 amide bonds. The maximum atomic E-state index is 12.9. The van der Waals surface area contributed by atoms with E-state index in [0.717, 1.165) is 103 Å². The molecule has 0 aliphatic carbocycles. The van der Waals surface area contributed by atoms with Crippen LogP contribution < -0.4 is 5.32 Å². The number of hydrogen-bond acceptors (Lipinski definition) is 5. The third-order valence-corrected chi connectivity index (χ3v) is 10.9. The average molecular weight is 896 g/mol. The lowest BCUT2D eigenvalue weighted by Gasteiger charge is -2.25. The maximum absolute atomic E-state index is 12.9. The Kier molecular flexibility index (Phi) is 41.9. The molecule has 0 aromatic heterocycles. The van der Waals surface area contributed by atoms with Crippen LogP contribution in [0.5, 0.6) is 0 Å². The Morgan fingerprint density at radius 2 is 0.921 bits per heavy atom. The zero-order valence-corrected chi connectivity index (χ0v) is 41.4. The van der Waals surface area contributed by atoms with E-state index < -0.39 is 20.0 Å². The summed E-state index contributed by atoms with van der Waals surface area (Å²) < 4.78 is 23.5. The van der Waals surface area contributed by atoms with Crippen LogP contribution in [0.1, 0.15) is 162 Å². The summed E-state index contributed by atoms with van der Waals surface area (Å²) in [6, 6.07) is -0.879. The first-order chi connectivity index (χ1) is 30.5. The molecule has 0 spiro atoms. The normalized spacial score (nSPS) is 15.2. The lowest BCUT2D eigenvalue weighted by molar-refractivity contribution is -0.870. The van der Waals surface area contributed by atoms with Crippen LogP contribution in [0, 0.1) is 0 Å². The first-order valence-electron chi connectivity index (χ1n) is 24.4. The van der Waals surface area contributed by atoms with E-state index in [-0.39, 0.29) is 19.1 Å². The van der Waals surface area contributed by atoms with Crippen molar-refractivity contribution in [3.05, 3.63) is 122 Å². The van der Waals surface area contributed by atoms with Crippen molar-refractivity contribution in [3.63, 3.8) is 0 Å². The van der Waals surface area contributed by atoms with Gasteiger partial charge in [-0.25, -0.2) is 4.57 Å². The van der Waals surface area contributed by atoms with Crippen molar-refractivity contribution < 1.29 is 32.9 Å². The molecular formula is C54H92N2O6P+. The Morgan fingerprint density at radius 3 is 1.40 bits per heavy atom. The Bertz CT molecular complexity index is 1430. The number of nitrogens with one attached hydrogen (secondary N) is 1. The summed E-state index contributed by atoms with van der Waals surface area (Å²) in [5, 5.41) is 13.8. The molecule has 0 fully saturated rings. The van der Waals surface area contributed by atoms with Gasteiger partial charge in [-0.1, -0.05) is 180 Å². The zero-order chi connectivity index (χ0) is 46.4. The number of quaternary nitrogens is 1. The van der Waals surface area contributed by atoms with Gasteiger partial charge in [-0.15, -0.1) is 0 Å². The summed E-state index contributed by atoms with van der Waals surface area (Å²) in [5.74, 6) is -0.207. The molecule has 0 rings (SSSR count). The second-order valence-electron chi connectivity index (χ2n) is 17.1. The van der Waals surface area contributed by atoms with Gasteiger partial charge < -0.3 is 19.8 Å². The number of phosphoric acid groups is 1. The van der Waals surface area contributed by atoms with Crippen LogP contribution in [0.15, 0.2) is 122 Å². The van der Waals surface area contributed by atoms with E-state index in [1.807, 2.05) is 27.2 Å². The quantitative estimate of drug-likeness (QED) is 0.0244. The van der Waals surface area contributed by atoms with Gasteiger partial charge in [-0.3, -0.25) is 13.8 Å². The van der Waals surface area contributed by atoms with Crippen molar-refractivity contribution in [2.75, 3.05) is 40.9 Å². The van der Waals surface area contributed by atoms with Gasteiger partial charge in [0.25, 0.3) is 0 Å². The van der Waals surface area contributed by atoms with E-state index in [2.05, 4.69) is 129 Å². The molecule has 3 unspecified atom stereocenters. The van der Waals surface area contributed by atoms with Crippen LogP contribution in [0.2, 0.25) is 0 Å². The number of carbonyl (C=O) groups is 1. The molecule has 358 valence electrons. The van der Waals surface area contributed by atoms with Crippen LogP contribution in [0.4, 0.5) is 0 Å². The van der Waals surface area contributed by atoms with Crippen molar-refractivity contribution >= 4 is 13.7 Å². The van der Waals surface area contributed by atoms with E-state index in [9.17, 15) is 19.4 Å². The Balaban J connectivity index is 4.20. The van der Waals surface area contributed by atoms with E-state index in [4.69, 9.17) is 9.05 Å². The Hall–Kier alpha value is -3.10. The van der Waals surface area contributed by atoms with Gasteiger partial charge in [0.05, 0.1) is 39.9 Å². The predicted molar refractivity (Wildman–Crippen MR) is 272 cm³/mol. The molecule has 0 radical (unpaired) electrons. The fourth-order valence-electron chi connectivity index (χ4n) is 6.12. The minimum atomic E-state index is -4.36. The molecule has 63 heavy (non-hydrogen) atoms. The van der Waals surface area contributed by atoms with Crippen molar-refractivity contribution in [3.8, 4) is 0 Å². The van der Waals surface area contributed by atoms with E-state index >= 15 is 0 Å². The second kappa shape index (κ2) is 44.1. The standard InChI is InChI=1S/C54H91N2O6P/c1-6-8-10-12-14-16-18-19-20-21-22-23-24-25-26-27-28-29-30-31-32-33-34-35-36-37-38-40-42-44-46-48-54(58)55-52(51-62-63(59,60)61-50-49-56(3,4)5)53(57)47-45-43-41-39-17-15-13-11-9-7-2/h8-11,14,16-17,19-20,22-23,25-26,28-29,31-32,39,45,47,52-53,57H,6-7,12-13,15,18,21,24,27,30,33-38,40-44,46,48-51H2,1-5H3,(H-,55,58,59,60)/p+1/b10-8-,11-9+,16-14-,20-19-,23-22-,26-25-,29-28-,32-31-,39-17+,47-45+. The molecule has 0 aliphatic rings. The highest BCUT2D eigenvalue weighted by Crippen LogP contribution is 2.43. The number of rotatable bonds is 42. The van der Waals surface area contributed by atoms with E-state index in [1.165, 1.54) is 38.5 Å². The highest BCUT2D eigenvalue weighted by atomic mass is 31.2. The fourth-order valence-corrected chi connectivity index (χ4v) is 6.85. The number of phosphoric ester groups is 1. The topological polar surface area (TPSA) is 105 Å². The summed E-state index contributed by atoms with van der Waals surface area (Å²) in [4.78, 5) is 23.1. The minimum Gasteiger partial charge on any atom is -0.387 e. The summed E-state index contributed by atoms with van der Waals surface area (Å²) in [5.41, 5.74) is 0. The molecule has 0 saturated heterocycles. The number of carbonyl (C=O) groups excluding carboxylic acids is 1. The molecular weight excluding hydrogens is 804 g/mol. The Morgan fingerprint density at radius 1 is 0.540 bits per heavy atom. The first-order valence-corrected chi connectivity index (χ1v) is 25.9. The maximum Gasteiger partial charge on any atom is 0.472 e. The summed E-state index contributed by atoms with van der Waals surface area (Å²) in [7, 11) is 1.52. The minimum absolute atomic E-state index is 0.0452. The van der Waals surface area contributed by atoms with Gasteiger partial charge in [-0.05, 0) is 96.3 Å². The van der Waals surface area contributed by atoms with Crippen molar-refractivity contribution in [1.29, 1.82) is 0 Å². The largest absolute Gasteiger partial charge is 0.472 e. The molecule has 0 heterocycles. The van der Waals surface area contributed by atoms with Crippen LogP contribution >= 0.6 is 7.82 Å². The van der Waals surface area contributed by atoms with E-state index in [1.54, 1.807) is 6.08 Å². The highest BCUT2D eigenvalue weighted by Gasteiger charge is 2.27. The lowest BCUT2D eigenvalue weighted by atomic mass is 10.1. The number of aliphatic hydroxyl groups excluding tert-OH is 1. The number of aliphatic hydroxyl groups is 1. The number of allylic oxidation sites excluding steroid dienone is 19. The van der Waals surface area contributed by atoms with Gasteiger partial charge >= 0.3 is 7.82 Å². The molecule has 0 aromatic rings. The average Bonchev–Trinajstić information content (AvgIpc) is 3.24. The summed E-state index contributed by atoms with van der Waals surface area (Å²) in [6.45, 7) is 4.51. The number of nitrogens with zero attached hydrogens (tertiary/aromatic N) is 1. The van der Waals surface area contributed by atoms with Gasteiger partial charge in [0.15, 0.2) is 0 Å². The van der Waals surface area contributed by atoms with Crippen molar-refractivity contribution in [2.24, 2.45) is 0 Å². The third kappa shape index (κ3) is 46.7. The summed E-state index contributed by atoms with van der Waals surface area (Å²) >= 11 is 0. The fraction of sp³-hybridized carbons (Fsp3) is 0.611. The van der Waals surface area contributed by atoms with Crippen LogP contribution in [-0.4, -0.2) is 73.4 Å². The zero-order valence-electron chi connectivity index (χ0n) is 40.5. The van der Waals surface area contributed by atoms with Gasteiger partial charge in [0, 0.05) is 6.42 Å². The van der Waals surface area contributed by atoms with Crippen molar-refractivity contribution in [1.82, 2.24) is 5.32 Å². The number of hydrogen-bond donors (Lipinski definition) is 3. The molecule has 8 nitrogen and oxygen atoms in total. The van der Waals surface area contributed by atoms with Gasteiger partial charge in [-0.2, -0.15) is 0 Å². The second-order valence-corrected chi connectivity index (χ2v) is 18.5. The molecule has 0 bridgehead atoms. The highest BCUT2D eigenvalue weighted by molar-refractivity contribution is 7.47. The van der Waals surface area contributed by atoms with Crippen LogP contribution in [-0.2, 0) is 18.4 Å². The smallest absolute Gasteiger partial charge is 0.387 e. The van der Waals surface area contributed by atoms with E-state index in [0.29, 0.717) is 17.4 Å². The van der Waals surface area contributed by atoms with Crippen LogP contribution in [0.25, 0.3) is 0 Å². The van der Waals surface area contributed by atoms with Crippen molar-refractivity contribution in [2.45, 2.75) is 174 Å². The molecule has 0 saturated carbocycles. The number of likely N-dealkylation sites (N-methyl/N-ethyl adjacent to an activating group) is 1. The molecule has 3 N–H and O–H groups in total. The SMILES string of the molecule is CC/C=C\C/C=C\C/C=C\C/C=C\C/C=C\C/C=C\C/C=C\CCCCCCCCCCCC(=O)NC(COP(=O)(O)OCC[N+](C)(C)C)C(O)/C=C/CC/C=C/CC/C=C/CC.